The van der Waals surface area contributed by atoms with Crippen LogP contribution in [0, 0.1) is 6.92 Å². The molecule has 0 radical (unpaired) electrons. The Morgan fingerprint density at radius 3 is 2.36 bits per heavy atom. The molecule has 168 valence electrons. The first kappa shape index (κ1) is 21.9. The second-order valence-corrected chi connectivity index (χ2v) is 7.30. The topological polar surface area (TPSA) is 91.2 Å². The highest BCUT2D eigenvalue weighted by Gasteiger charge is 2.07. The summed E-state index contributed by atoms with van der Waals surface area (Å²) in [6, 6.07) is 19.1. The molecule has 2 aromatic carbocycles. The number of carbonyl (C=O) groups excluding carboxylic acids is 1. The fourth-order valence-corrected chi connectivity index (χ4v) is 3.19. The quantitative estimate of drug-likeness (QED) is 0.446. The van der Waals surface area contributed by atoms with Gasteiger partial charge in [-0.2, -0.15) is 0 Å². The summed E-state index contributed by atoms with van der Waals surface area (Å²) in [6.45, 7) is 1.94. The van der Waals surface area contributed by atoms with Gasteiger partial charge in [-0.15, -0.1) is 0 Å². The molecule has 1 N–H and O–H groups in total. The van der Waals surface area contributed by atoms with Crippen molar-refractivity contribution in [2.24, 2.45) is 0 Å². The average molecular weight is 445 g/mol. The zero-order valence-electron chi connectivity index (χ0n) is 18.3. The van der Waals surface area contributed by atoms with Crippen molar-refractivity contribution in [1.82, 2.24) is 9.38 Å². The lowest BCUT2D eigenvalue weighted by Gasteiger charge is -2.10. The lowest BCUT2D eigenvalue weighted by Crippen LogP contribution is -2.20. The van der Waals surface area contributed by atoms with Gasteiger partial charge in [-0.05, 0) is 67.1 Å². The normalized spacial score (nSPS) is 10.6. The van der Waals surface area contributed by atoms with Crippen LogP contribution in [0.5, 0.6) is 17.2 Å². The van der Waals surface area contributed by atoms with Crippen LogP contribution >= 0.6 is 0 Å². The molecule has 0 unspecified atom stereocenters. The molecule has 0 aliphatic carbocycles. The van der Waals surface area contributed by atoms with E-state index in [1.165, 1.54) is 10.5 Å². The predicted octanol–water partition coefficient (Wildman–Crippen LogP) is 3.61. The number of pyridine rings is 1. The van der Waals surface area contributed by atoms with Crippen molar-refractivity contribution in [2.45, 2.75) is 13.5 Å². The minimum atomic E-state index is -0.282. The van der Waals surface area contributed by atoms with Crippen LogP contribution in [0.25, 0.3) is 5.65 Å². The average Bonchev–Trinajstić information content (AvgIpc) is 2.83. The number of hydrogen-bond donors (Lipinski definition) is 1. The van der Waals surface area contributed by atoms with E-state index < -0.39 is 0 Å². The van der Waals surface area contributed by atoms with Crippen LogP contribution in [0.2, 0.25) is 0 Å². The fraction of sp³-hybridized carbons (Fsp3) is 0.160. The second kappa shape index (κ2) is 9.86. The first-order chi connectivity index (χ1) is 16.0. The minimum absolute atomic E-state index is 0.118. The molecule has 0 aliphatic heterocycles. The van der Waals surface area contributed by atoms with Gasteiger partial charge in [0.25, 0.3) is 11.5 Å². The van der Waals surface area contributed by atoms with E-state index >= 15 is 0 Å². The van der Waals surface area contributed by atoms with Gasteiger partial charge in [0, 0.05) is 18.0 Å². The highest BCUT2D eigenvalue weighted by molar-refractivity contribution is 5.91. The molecule has 2 heterocycles. The molecule has 4 rings (SSSR count). The van der Waals surface area contributed by atoms with Crippen LogP contribution in [0.3, 0.4) is 0 Å². The summed E-state index contributed by atoms with van der Waals surface area (Å²) in [4.78, 5) is 29.0. The molecule has 1 amide bonds. The van der Waals surface area contributed by atoms with E-state index in [4.69, 9.17) is 14.2 Å². The Bertz CT molecular complexity index is 1310. The van der Waals surface area contributed by atoms with Crippen molar-refractivity contribution in [3.63, 3.8) is 0 Å². The Balaban J connectivity index is 1.31. The molecule has 0 atom stereocenters. The Hall–Kier alpha value is -4.33. The van der Waals surface area contributed by atoms with Gasteiger partial charge in [0.05, 0.1) is 12.8 Å². The number of methoxy groups -OCH3 is 1. The Morgan fingerprint density at radius 1 is 0.970 bits per heavy atom. The predicted molar refractivity (Wildman–Crippen MR) is 124 cm³/mol. The molecule has 0 fully saturated rings. The number of aryl methyl sites for hydroxylation is 1. The fourth-order valence-electron chi connectivity index (χ4n) is 3.19. The number of aromatic nitrogens is 2. The Morgan fingerprint density at radius 2 is 1.64 bits per heavy atom. The molecule has 0 spiro atoms. The van der Waals surface area contributed by atoms with Gasteiger partial charge in [-0.25, -0.2) is 4.98 Å². The molecule has 0 aliphatic rings. The number of fused-ring (bicyclic) bond motifs is 1. The first-order valence-corrected chi connectivity index (χ1v) is 10.3. The van der Waals surface area contributed by atoms with E-state index in [1.807, 2.05) is 19.1 Å². The third kappa shape index (κ3) is 5.48. The van der Waals surface area contributed by atoms with Crippen LogP contribution in [-0.2, 0) is 11.4 Å². The van der Waals surface area contributed by atoms with Gasteiger partial charge in [-0.3, -0.25) is 14.0 Å². The van der Waals surface area contributed by atoms with Gasteiger partial charge < -0.3 is 19.5 Å². The number of nitrogens with zero attached hydrogens (tertiary/aromatic N) is 2. The Labute approximate surface area is 190 Å². The monoisotopic (exact) mass is 445 g/mol. The highest BCUT2D eigenvalue weighted by atomic mass is 16.5. The molecule has 8 nitrogen and oxygen atoms in total. The maximum Gasteiger partial charge on any atom is 0.262 e. The zero-order valence-corrected chi connectivity index (χ0v) is 18.3. The van der Waals surface area contributed by atoms with E-state index in [-0.39, 0.29) is 24.7 Å². The first-order valence-electron chi connectivity index (χ1n) is 10.3. The van der Waals surface area contributed by atoms with Crippen molar-refractivity contribution >= 4 is 17.2 Å². The molecule has 2 aromatic heterocycles. The van der Waals surface area contributed by atoms with E-state index in [0.29, 0.717) is 34.3 Å². The van der Waals surface area contributed by atoms with Gasteiger partial charge >= 0.3 is 0 Å². The molecule has 4 aromatic rings. The van der Waals surface area contributed by atoms with E-state index in [9.17, 15) is 9.59 Å². The smallest absolute Gasteiger partial charge is 0.262 e. The number of hydrogen-bond acceptors (Lipinski definition) is 6. The largest absolute Gasteiger partial charge is 0.497 e. The van der Waals surface area contributed by atoms with Crippen LogP contribution in [0.1, 0.15) is 11.3 Å². The molecule has 0 saturated carbocycles. The van der Waals surface area contributed by atoms with E-state index in [2.05, 4.69) is 10.3 Å². The summed E-state index contributed by atoms with van der Waals surface area (Å²) in [5.41, 5.74) is 2.52. The molecule has 33 heavy (non-hydrogen) atoms. The Kier molecular flexibility index (Phi) is 6.54. The summed E-state index contributed by atoms with van der Waals surface area (Å²) >= 11 is 0. The summed E-state index contributed by atoms with van der Waals surface area (Å²) in [5.74, 6) is 1.60. The van der Waals surface area contributed by atoms with Gasteiger partial charge in [0.2, 0.25) is 0 Å². The van der Waals surface area contributed by atoms with Crippen LogP contribution in [-0.4, -0.2) is 29.0 Å². The lowest BCUT2D eigenvalue weighted by molar-refractivity contribution is -0.118. The van der Waals surface area contributed by atoms with Crippen molar-refractivity contribution in [1.29, 1.82) is 0 Å². The number of benzene rings is 2. The third-order valence-electron chi connectivity index (χ3n) is 4.89. The van der Waals surface area contributed by atoms with E-state index in [1.54, 1.807) is 61.8 Å². The summed E-state index contributed by atoms with van der Waals surface area (Å²) < 4.78 is 17.8. The standard InChI is InChI=1S/C25H23N3O5/c1-17-4-3-13-28-24(30)14-19(27-25(17)28)15-32-21-7-5-18(6-8-21)26-23(29)16-33-22-11-9-20(31-2)10-12-22/h3-14H,15-16H2,1-2H3,(H,26,29). The highest BCUT2D eigenvalue weighted by Crippen LogP contribution is 2.18. The van der Waals surface area contributed by atoms with Crippen molar-refractivity contribution < 1.29 is 19.0 Å². The maximum atomic E-state index is 12.3. The van der Waals surface area contributed by atoms with Crippen LogP contribution in [0.15, 0.2) is 77.7 Å². The van der Waals surface area contributed by atoms with Crippen molar-refractivity contribution in [3.05, 3.63) is 94.5 Å². The zero-order chi connectivity index (χ0) is 23.2. The molecule has 0 bridgehead atoms. The summed E-state index contributed by atoms with van der Waals surface area (Å²) in [7, 11) is 1.59. The van der Waals surface area contributed by atoms with Crippen molar-refractivity contribution in [2.75, 3.05) is 19.0 Å². The molecule has 8 heteroatoms. The number of anilines is 1. The lowest BCUT2D eigenvalue weighted by atomic mass is 10.3. The number of carbonyl (C=O) groups is 1. The minimum Gasteiger partial charge on any atom is -0.497 e. The molecular formula is C25H23N3O5. The third-order valence-corrected chi connectivity index (χ3v) is 4.89. The van der Waals surface area contributed by atoms with Crippen molar-refractivity contribution in [3.8, 4) is 17.2 Å². The maximum absolute atomic E-state index is 12.3. The summed E-state index contributed by atoms with van der Waals surface area (Å²) in [6.07, 6.45) is 1.69. The molecule has 0 saturated heterocycles. The number of rotatable bonds is 8. The second-order valence-electron chi connectivity index (χ2n) is 7.30. The van der Waals surface area contributed by atoms with Gasteiger partial charge in [-0.1, -0.05) is 6.07 Å². The molecular weight excluding hydrogens is 422 g/mol. The van der Waals surface area contributed by atoms with E-state index in [0.717, 1.165) is 5.56 Å². The van der Waals surface area contributed by atoms with Gasteiger partial charge in [0.15, 0.2) is 6.61 Å². The SMILES string of the molecule is COc1ccc(OCC(=O)Nc2ccc(OCc3cc(=O)n4cccc(C)c4n3)cc2)cc1. The number of nitrogens with one attached hydrogen (secondary N) is 1. The van der Waals surface area contributed by atoms with Crippen LogP contribution in [0.4, 0.5) is 5.69 Å². The van der Waals surface area contributed by atoms with Crippen LogP contribution < -0.4 is 25.1 Å². The van der Waals surface area contributed by atoms with Gasteiger partial charge in [0.1, 0.15) is 29.5 Å². The number of ether oxygens (including phenoxy) is 3. The summed E-state index contributed by atoms with van der Waals surface area (Å²) in [5, 5.41) is 2.77. The number of amides is 1.